The van der Waals surface area contributed by atoms with Gasteiger partial charge < -0.3 is 0 Å². The average molecular weight is 235 g/mol. The van der Waals surface area contributed by atoms with Crippen LogP contribution in [0.1, 0.15) is 27.1 Å². The van der Waals surface area contributed by atoms with Gasteiger partial charge in [0.25, 0.3) is 11.8 Å². The van der Waals surface area contributed by atoms with E-state index in [-0.39, 0.29) is 29.9 Å². The van der Waals surface area contributed by atoms with Crippen molar-refractivity contribution in [2.45, 2.75) is 6.42 Å². The minimum atomic E-state index is -0.338. The molecule has 0 aliphatic carbocycles. The van der Waals surface area contributed by atoms with E-state index in [0.717, 1.165) is 4.90 Å². The number of rotatable bonds is 3. The van der Waals surface area contributed by atoms with E-state index < -0.39 is 0 Å². The van der Waals surface area contributed by atoms with Gasteiger partial charge in [0.1, 0.15) is 0 Å². The normalized spacial score (nSPS) is 14.2. The fourth-order valence-electron chi connectivity index (χ4n) is 1.65. The maximum atomic E-state index is 11.8. The lowest BCUT2D eigenvalue weighted by molar-refractivity contribution is -0.110. The second kappa shape index (κ2) is 4.09. The van der Waals surface area contributed by atoms with Crippen LogP contribution in [-0.4, -0.2) is 28.4 Å². The number of hydrogen-bond donors (Lipinski definition) is 1. The van der Waals surface area contributed by atoms with E-state index in [9.17, 15) is 14.4 Å². The maximum absolute atomic E-state index is 11.8. The van der Waals surface area contributed by atoms with E-state index >= 15 is 0 Å². The predicted octanol–water partition coefficient (Wildman–Crippen LogP) is 1.13. The summed E-state index contributed by atoms with van der Waals surface area (Å²) in [6.07, 6.45) is 0.0780. The van der Waals surface area contributed by atoms with Gasteiger partial charge in [-0.3, -0.25) is 19.3 Å². The Morgan fingerprint density at radius 3 is 2.06 bits per heavy atom. The van der Waals surface area contributed by atoms with Crippen LogP contribution in [0.5, 0.6) is 0 Å². The molecule has 82 valence electrons. The summed E-state index contributed by atoms with van der Waals surface area (Å²) in [7, 11) is 0. The molecule has 2 amide bonds. The first-order valence-corrected chi connectivity index (χ1v) is 5.23. The van der Waals surface area contributed by atoms with Gasteiger partial charge >= 0.3 is 0 Å². The zero-order valence-corrected chi connectivity index (χ0v) is 9.24. The molecule has 0 radical (unpaired) electrons. The zero-order valence-electron chi connectivity index (χ0n) is 8.34. The molecule has 0 N–H and O–H groups in total. The van der Waals surface area contributed by atoms with E-state index in [1.165, 1.54) is 0 Å². The molecule has 0 saturated carbocycles. The van der Waals surface area contributed by atoms with Crippen LogP contribution in [0.3, 0.4) is 0 Å². The topological polar surface area (TPSA) is 54.5 Å². The van der Waals surface area contributed by atoms with Gasteiger partial charge in [-0.2, -0.15) is 0 Å². The molecular formula is C11H9NO3S. The number of thiol groups is 1. The molecule has 1 heterocycles. The molecule has 1 aliphatic heterocycles. The van der Waals surface area contributed by atoms with Crippen LogP contribution in [0.15, 0.2) is 24.3 Å². The third-order valence-electron chi connectivity index (χ3n) is 2.43. The number of fused-ring (bicyclic) bond motifs is 1. The Labute approximate surface area is 97.6 Å². The number of carbonyl (C=O) groups excluding carboxylic acids is 3. The maximum Gasteiger partial charge on any atom is 0.261 e. The van der Waals surface area contributed by atoms with Crippen molar-refractivity contribution in [2.24, 2.45) is 0 Å². The van der Waals surface area contributed by atoms with Gasteiger partial charge in [-0.05, 0) is 12.1 Å². The molecular weight excluding hydrogens is 226 g/mol. The molecule has 0 aromatic heterocycles. The van der Waals surface area contributed by atoms with E-state index in [0.29, 0.717) is 11.1 Å². The number of benzene rings is 1. The van der Waals surface area contributed by atoms with Crippen LogP contribution < -0.4 is 0 Å². The van der Waals surface area contributed by atoms with Crippen molar-refractivity contribution in [1.82, 2.24) is 4.90 Å². The van der Waals surface area contributed by atoms with Crippen molar-refractivity contribution in [1.29, 1.82) is 0 Å². The molecule has 4 nitrogen and oxygen atoms in total. The van der Waals surface area contributed by atoms with Crippen LogP contribution >= 0.6 is 12.6 Å². The van der Waals surface area contributed by atoms with Gasteiger partial charge in [0.15, 0.2) is 5.12 Å². The van der Waals surface area contributed by atoms with Crippen LogP contribution in [-0.2, 0) is 4.79 Å². The van der Waals surface area contributed by atoms with E-state index in [1.807, 2.05) is 0 Å². The molecule has 0 bridgehead atoms. The summed E-state index contributed by atoms with van der Waals surface area (Å²) < 4.78 is 0. The smallest absolute Gasteiger partial charge is 0.261 e. The highest BCUT2D eigenvalue weighted by Gasteiger charge is 2.34. The quantitative estimate of drug-likeness (QED) is 0.631. The Balaban J connectivity index is 2.25. The SMILES string of the molecule is O=C(S)CCN1C(=O)c2ccccc2C1=O. The Morgan fingerprint density at radius 1 is 1.12 bits per heavy atom. The predicted molar refractivity (Wildman–Crippen MR) is 60.4 cm³/mol. The van der Waals surface area contributed by atoms with Crippen molar-refractivity contribution < 1.29 is 14.4 Å². The van der Waals surface area contributed by atoms with Crippen LogP contribution in [0.2, 0.25) is 0 Å². The van der Waals surface area contributed by atoms with Crippen molar-refractivity contribution in [3.63, 3.8) is 0 Å². The van der Waals surface area contributed by atoms with Crippen LogP contribution in [0.4, 0.5) is 0 Å². The first kappa shape index (κ1) is 10.9. The second-order valence-electron chi connectivity index (χ2n) is 3.45. The molecule has 16 heavy (non-hydrogen) atoms. The molecule has 0 unspecified atom stereocenters. The summed E-state index contributed by atoms with van der Waals surface area (Å²) in [6, 6.07) is 6.63. The van der Waals surface area contributed by atoms with Gasteiger partial charge in [-0.1, -0.05) is 12.1 Å². The molecule has 1 aromatic carbocycles. The number of amides is 2. The first-order chi connectivity index (χ1) is 7.61. The third kappa shape index (κ3) is 1.74. The lowest BCUT2D eigenvalue weighted by atomic mass is 10.1. The van der Waals surface area contributed by atoms with E-state index in [4.69, 9.17) is 0 Å². The van der Waals surface area contributed by atoms with Crippen molar-refractivity contribution in [3.8, 4) is 0 Å². The van der Waals surface area contributed by atoms with Crippen LogP contribution in [0.25, 0.3) is 0 Å². The van der Waals surface area contributed by atoms with Crippen molar-refractivity contribution in [2.75, 3.05) is 6.54 Å². The van der Waals surface area contributed by atoms with Gasteiger partial charge in [-0.15, -0.1) is 12.6 Å². The lowest BCUT2D eigenvalue weighted by Gasteiger charge is -2.11. The summed E-state index contributed by atoms with van der Waals surface area (Å²) in [5.74, 6) is -0.676. The number of imide groups is 1. The minimum absolute atomic E-state index is 0.0780. The summed E-state index contributed by atoms with van der Waals surface area (Å²) in [5, 5.41) is -0.337. The third-order valence-corrected chi connectivity index (χ3v) is 2.65. The Kier molecular flexibility index (Phi) is 2.78. The highest BCUT2D eigenvalue weighted by atomic mass is 32.1. The summed E-state index contributed by atoms with van der Waals surface area (Å²) in [4.78, 5) is 35.4. The second-order valence-corrected chi connectivity index (χ2v) is 3.95. The molecule has 0 atom stereocenters. The largest absolute Gasteiger partial charge is 0.287 e. The molecule has 0 spiro atoms. The van der Waals surface area contributed by atoms with Crippen LogP contribution in [0, 0.1) is 0 Å². The average Bonchev–Trinajstić information content (AvgIpc) is 2.50. The number of nitrogens with zero attached hydrogens (tertiary/aromatic N) is 1. The Hall–Kier alpha value is -1.62. The minimum Gasteiger partial charge on any atom is -0.287 e. The zero-order chi connectivity index (χ0) is 11.7. The summed E-state index contributed by atoms with van der Waals surface area (Å²) in [6.45, 7) is 0.0919. The monoisotopic (exact) mass is 235 g/mol. The first-order valence-electron chi connectivity index (χ1n) is 4.78. The fraction of sp³-hybridized carbons (Fsp3) is 0.182. The summed E-state index contributed by atoms with van der Waals surface area (Å²) >= 11 is 3.60. The number of carbonyl (C=O) groups is 3. The van der Waals surface area contributed by atoms with Gasteiger partial charge in [-0.25, -0.2) is 0 Å². The van der Waals surface area contributed by atoms with Gasteiger partial charge in [0.05, 0.1) is 11.1 Å². The van der Waals surface area contributed by atoms with Gasteiger partial charge in [0, 0.05) is 13.0 Å². The molecule has 1 aliphatic rings. The molecule has 5 heteroatoms. The number of hydrogen-bond acceptors (Lipinski definition) is 3. The summed E-state index contributed by atoms with van der Waals surface area (Å²) in [5.41, 5.74) is 0.804. The Morgan fingerprint density at radius 2 is 1.62 bits per heavy atom. The van der Waals surface area contributed by atoms with E-state index in [2.05, 4.69) is 12.6 Å². The molecule has 0 saturated heterocycles. The highest BCUT2D eigenvalue weighted by Crippen LogP contribution is 2.22. The highest BCUT2D eigenvalue weighted by molar-refractivity contribution is 7.96. The molecule has 1 aromatic rings. The Bertz CT molecular complexity index is 449. The fourth-order valence-corrected chi connectivity index (χ4v) is 1.75. The lowest BCUT2D eigenvalue weighted by Crippen LogP contribution is -2.31. The molecule has 0 fully saturated rings. The standard InChI is InChI=1S/C11H9NO3S/c13-9(16)5-6-12-10(14)7-3-1-2-4-8(7)11(12)15/h1-4H,5-6H2,(H,13,16). The molecule has 2 rings (SSSR count). The van der Waals surface area contributed by atoms with Gasteiger partial charge in [0.2, 0.25) is 0 Å². The van der Waals surface area contributed by atoms with Crippen molar-refractivity contribution in [3.05, 3.63) is 35.4 Å². The van der Waals surface area contributed by atoms with Crippen molar-refractivity contribution >= 4 is 29.6 Å². The van der Waals surface area contributed by atoms with E-state index in [1.54, 1.807) is 24.3 Å².